The normalized spacial score (nSPS) is 15.0. The van der Waals surface area contributed by atoms with Crippen LogP contribution in [0.3, 0.4) is 0 Å². The molecule has 4 aliphatic rings. The summed E-state index contributed by atoms with van der Waals surface area (Å²) >= 11 is 0. The van der Waals surface area contributed by atoms with E-state index in [2.05, 4.69) is 242 Å². The van der Waals surface area contributed by atoms with E-state index in [1.807, 2.05) is 43.1 Å². The molecule has 0 spiro atoms. The summed E-state index contributed by atoms with van der Waals surface area (Å²) in [4.78, 5) is 22.5. The lowest BCUT2D eigenvalue weighted by Gasteiger charge is -2.24. The molecule has 16 rings (SSSR count). The van der Waals surface area contributed by atoms with Crippen molar-refractivity contribution in [2.45, 2.75) is 131 Å². The molecule has 11 heterocycles. The first-order valence-corrected chi connectivity index (χ1v) is 33.8. The number of hydrogen-bond acceptors (Lipinski definition) is 7. The van der Waals surface area contributed by atoms with Gasteiger partial charge < -0.3 is 37.9 Å². The highest BCUT2D eigenvalue weighted by Crippen LogP contribution is 2.36. The SMILES string of the molecule is Cc1ccc2c(c1)c1c(n2CCc2ccccc2)CCN(C)C1.Cc1ccc2c(c1)c1c(n2CCc2ccccn2)CCN(C)C1.Cc1ccc2c(c1)c1c(n2CCc2cccnc2)CCN(C)C1.Cc1ccc2c(c1)c1c(n2CCc2ccncc2)CCN(C)C1. The standard InChI is InChI=1S/C21H24N2.3C20H23N3/c1-16-8-9-20-18(14-16)19-15-22(2)12-11-21(19)23(20)13-10-17-6-4-3-5-7-17;1-15-3-4-19-17(13-15)18-14-22(2)11-8-20(18)23(19)12-7-16-5-9-21-10-6-16;1-15-5-6-19-17(12-15)18-14-22(2)10-8-20(18)23(19)11-7-16-4-3-9-21-13-16;1-15-6-7-19-17(13-15)18-14-22(2)11-9-20(18)23(19)12-8-16-5-3-4-10-21-16/h3-9,14H,10-13,15H2,1-2H3;3-6,9-10,13H,7-8,11-12,14H2,1-2H3;3-6,9,12-13H,7-8,10-11,14H2,1-2H3;3-7,10,13H,8-9,11-12,14H2,1-2H3. The number of pyridine rings is 3. The van der Waals surface area contributed by atoms with Gasteiger partial charge in [0.15, 0.2) is 0 Å². The molecule has 0 radical (unpaired) electrons. The quantitative estimate of drug-likeness (QED) is 0.121. The van der Waals surface area contributed by atoms with Crippen LogP contribution in [0.2, 0.25) is 0 Å². The van der Waals surface area contributed by atoms with Crippen LogP contribution in [0.5, 0.6) is 0 Å². The molecular weight excluding hydrogens is 1130 g/mol. The molecule has 0 fully saturated rings. The fourth-order valence-electron chi connectivity index (χ4n) is 15.1. The van der Waals surface area contributed by atoms with Crippen LogP contribution in [0, 0.1) is 27.7 Å². The second-order valence-electron chi connectivity index (χ2n) is 26.9. The van der Waals surface area contributed by atoms with E-state index >= 15 is 0 Å². The van der Waals surface area contributed by atoms with Crippen LogP contribution in [0.4, 0.5) is 0 Å². The van der Waals surface area contributed by atoms with Crippen molar-refractivity contribution in [2.75, 3.05) is 54.4 Å². The van der Waals surface area contributed by atoms with E-state index in [0.717, 1.165) is 130 Å². The molecule has 0 saturated heterocycles. The molecule has 0 atom stereocenters. The van der Waals surface area contributed by atoms with E-state index in [0.29, 0.717) is 0 Å². The minimum atomic E-state index is 0.987. The highest BCUT2D eigenvalue weighted by molar-refractivity contribution is 5.89. The summed E-state index contributed by atoms with van der Waals surface area (Å²) < 4.78 is 10.2. The van der Waals surface area contributed by atoms with Crippen molar-refractivity contribution < 1.29 is 0 Å². The third-order valence-electron chi connectivity index (χ3n) is 19.9. The van der Waals surface area contributed by atoms with Gasteiger partial charge in [-0.05, 0) is 193 Å². The number of rotatable bonds is 12. The lowest BCUT2D eigenvalue weighted by molar-refractivity contribution is 0.309. The summed E-state index contributed by atoms with van der Waals surface area (Å²) in [6.07, 6.45) is 18.3. The summed E-state index contributed by atoms with van der Waals surface area (Å²) in [6, 6.07) is 53.0. The zero-order valence-corrected chi connectivity index (χ0v) is 55.8. The third-order valence-corrected chi connectivity index (χ3v) is 19.9. The van der Waals surface area contributed by atoms with Gasteiger partial charge >= 0.3 is 0 Å². The second-order valence-corrected chi connectivity index (χ2v) is 26.9. The van der Waals surface area contributed by atoms with Gasteiger partial charge in [-0.2, -0.15) is 0 Å². The number of hydrogen-bond donors (Lipinski definition) is 0. The molecule has 0 bridgehead atoms. The predicted molar refractivity (Wildman–Crippen MR) is 381 cm³/mol. The van der Waals surface area contributed by atoms with Gasteiger partial charge in [0.1, 0.15) is 0 Å². The van der Waals surface area contributed by atoms with Gasteiger partial charge in [0, 0.05) is 214 Å². The number of aromatic nitrogens is 7. The van der Waals surface area contributed by atoms with Gasteiger partial charge in [-0.1, -0.05) is 89.0 Å². The van der Waals surface area contributed by atoms with Gasteiger partial charge in [-0.3, -0.25) is 15.0 Å². The van der Waals surface area contributed by atoms with Crippen molar-refractivity contribution in [2.24, 2.45) is 0 Å². The molecule has 11 nitrogen and oxygen atoms in total. The van der Waals surface area contributed by atoms with E-state index in [9.17, 15) is 0 Å². The van der Waals surface area contributed by atoms with Crippen LogP contribution in [0.25, 0.3) is 43.6 Å². The van der Waals surface area contributed by atoms with Gasteiger partial charge in [0.05, 0.1) is 0 Å². The summed E-state index contributed by atoms with van der Waals surface area (Å²) in [6.45, 7) is 21.8. The van der Waals surface area contributed by atoms with Crippen LogP contribution in [-0.4, -0.2) is 107 Å². The zero-order chi connectivity index (χ0) is 63.2. The van der Waals surface area contributed by atoms with Gasteiger partial charge in [0.25, 0.3) is 0 Å². The van der Waals surface area contributed by atoms with Crippen molar-refractivity contribution in [3.05, 3.63) is 266 Å². The van der Waals surface area contributed by atoms with E-state index < -0.39 is 0 Å². The van der Waals surface area contributed by atoms with E-state index in [4.69, 9.17) is 0 Å². The molecular formula is C81H93N11. The Morgan fingerprint density at radius 2 is 0.685 bits per heavy atom. The number of fused-ring (bicyclic) bond motifs is 12. The Labute approximate surface area is 545 Å². The van der Waals surface area contributed by atoms with Gasteiger partial charge in [-0.15, -0.1) is 0 Å². The maximum absolute atomic E-state index is 4.47. The zero-order valence-electron chi connectivity index (χ0n) is 55.8. The van der Waals surface area contributed by atoms with Crippen molar-refractivity contribution in [1.82, 2.24) is 52.8 Å². The molecule has 0 N–H and O–H groups in total. The molecule has 12 aromatic rings. The monoisotopic (exact) mass is 1220 g/mol. The van der Waals surface area contributed by atoms with Crippen molar-refractivity contribution in [3.8, 4) is 0 Å². The summed E-state index contributed by atoms with van der Waals surface area (Å²) in [5, 5.41) is 5.78. The number of nitrogens with zero attached hydrogens (tertiary/aromatic N) is 11. The Bertz CT molecular complexity index is 3900. The van der Waals surface area contributed by atoms with Crippen molar-refractivity contribution in [1.29, 1.82) is 0 Å². The molecule has 5 aromatic carbocycles. The molecule has 92 heavy (non-hydrogen) atoms. The van der Waals surface area contributed by atoms with Crippen LogP contribution < -0.4 is 0 Å². The second kappa shape index (κ2) is 28.2. The van der Waals surface area contributed by atoms with Crippen LogP contribution in [0.15, 0.2) is 177 Å². The van der Waals surface area contributed by atoms with Crippen LogP contribution in [0.1, 0.15) is 89.7 Å². The fraction of sp³-hybridized carbons (Fsp3) is 0.346. The Morgan fingerprint density at radius 1 is 0.326 bits per heavy atom. The molecule has 0 aliphatic carbocycles. The first-order chi connectivity index (χ1) is 44.9. The maximum Gasteiger partial charge on any atom is 0.0486 e. The van der Waals surface area contributed by atoms with Crippen molar-refractivity contribution in [3.63, 3.8) is 0 Å². The third kappa shape index (κ3) is 13.8. The van der Waals surface area contributed by atoms with Gasteiger partial charge in [0.2, 0.25) is 0 Å². The smallest absolute Gasteiger partial charge is 0.0486 e. The van der Waals surface area contributed by atoms with E-state index in [1.165, 1.54) is 122 Å². The average molecular weight is 1220 g/mol. The highest BCUT2D eigenvalue weighted by atomic mass is 15.1. The minimum Gasteiger partial charge on any atom is -0.344 e. The lowest BCUT2D eigenvalue weighted by atomic mass is 10.0. The summed E-state index contributed by atoms with van der Waals surface area (Å²) in [5.74, 6) is 0. The largest absolute Gasteiger partial charge is 0.344 e. The molecule has 4 aliphatic heterocycles. The maximum atomic E-state index is 4.47. The van der Waals surface area contributed by atoms with Gasteiger partial charge in [-0.25, -0.2) is 0 Å². The molecule has 11 heteroatoms. The topological polar surface area (TPSA) is 71.4 Å². The Kier molecular flexibility index (Phi) is 19.1. The Morgan fingerprint density at radius 3 is 1.05 bits per heavy atom. The summed E-state index contributed by atoms with van der Waals surface area (Å²) in [7, 11) is 8.89. The summed E-state index contributed by atoms with van der Waals surface area (Å²) in [5.41, 5.74) is 28.5. The molecule has 472 valence electrons. The molecule has 0 unspecified atom stereocenters. The Balaban J connectivity index is 0.000000112. The average Bonchev–Trinajstić information content (AvgIpc) is 1.66. The Hall–Kier alpha value is -8.45. The first-order valence-electron chi connectivity index (χ1n) is 33.8. The number of aryl methyl sites for hydroxylation is 12. The molecule has 0 amide bonds. The first kappa shape index (κ1) is 62.4. The molecule has 0 saturated carbocycles. The van der Waals surface area contributed by atoms with Crippen molar-refractivity contribution >= 4 is 43.6 Å². The van der Waals surface area contributed by atoms with E-state index in [-0.39, 0.29) is 0 Å². The predicted octanol–water partition coefficient (Wildman–Crippen LogP) is 14.9. The van der Waals surface area contributed by atoms with Crippen LogP contribution >= 0.6 is 0 Å². The lowest BCUT2D eigenvalue weighted by Crippen LogP contribution is -2.27. The number of benzene rings is 5. The van der Waals surface area contributed by atoms with E-state index in [1.54, 1.807) is 11.3 Å². The fourth-order valence-corrected chi connectivity index (χ4v) is 15.1. The highest BCUT2D eigenvalue weighted by Gasteiger charge is 2.27. The molecule has 7 aromatic heterocycles. The minimum absolute atomic E-state index is 0.987. The number of likely N-dealkylation sites (N-methyl/N-ethyl adjacent to an activating group) is 4. The van der Waals surface area contributed by atoms with Crippen LogP contribution in [-0.2, 0) is 104 Å².